The lowest BCUT2D eigenvalue weighted by Crippen LogP contribution is -2.10. The third-order valence-corrected chi connectivity index (χ3v) is 3.94. The highest BCUT2D eigenvalue weighted by molar-refractivity contribution is 5.56. The summed E-state index contributed by atoms with van der Waals surface area (Å²) in [5, 5.41) is 13.3. The Balaban J connectivity index is 1.72. The Bertz CT molecular complexity index is 893. The van der Waals surface area contributed by atoms with E-state index in [0.717, 1.165) is 11.8 Å². The van der Waals surface area contributed by atoms with Gasteiger partial charge in [-0.3, -0.25) is 5.10 Å². The molecule has 136 valence electrons. The van der Waals surface area contributed by atoms with Crippen LogP contribution in [0.5, 0.6) is 0 Å². The molecule has 0 aliphatic rings. The molecule has 0 aliphatic heterocycles. The van der Waals surface area contributed by atoms with Crippen LogP contribution in [0, 0.1) is 11.6 Å². The van der Waals surface area contributed by atoms with Crippen LogP contribution in [0.15, 0.2) is 36.7 Å². The van der Waals surface area contributed by atoms with Gasteiger partial charge in [0.05, 0.1) is 6.04 Å². The van der Waals surface area contributed by atoms with Gasteiger partial charge < -0.3 is 10.6 Å². The summed E-state index contributed by atoms with van der Waals surface area (Å²) in [5.41, 5.74) is 1.37. The summed E-state index contributed by atoms with van der Waals surface area (Å²) in [5.74, 6) is 0.847. The molecule has 2 heterocycles. The monoisotopic (exact) mass is 358 g/mol. The zero-order chi connectivity index (χ0) is 18.7. The molecule has 3 aromatic rings. The normalized spacial score (nSPS) is 12.2. The van der Waals surface area contributed by atoms with Crippen LogP contribution in [0.25, 0.3) is 0 Å². The minimum Gasteiger partial charge on any atom is -0.363 e. The first-order valence-electron chi connectivity index (χ1n) is 8.28. The number of benzene rings is 1. The van der Waals surface area contributed by atoms with E-state index in [1.807, 2.05) is 6.07 Å². The van der Waals surface area contributed by atoms with Crippen LogP contribution in [0.4, 0.5) is 26.2 Å². The second-order valence-electron chi connectivity index (χ2n) is 6.31. The predicted octanol–water partition coefficient (Wildman–Crippen LogP) is 4.52. The van der Waals surface area contributed by atoms with Crippen molar-refractivity contribution in [2.24, 2.45) is 0 Å². The average molecular weight is 358 g/mol. The third-order valence-electron chi connectivity index (χ3n) is 3.94. The van der Waals surface area contributed by atoms with E-state index in [-0.39, 0.29) is 0 Å². The van der Waals surface area contributed by atoms with Gasteiger partial charge in [0.1, 0.15) is 29.6 Å². The summed E-state index contributed by atoms with van der Waals surface area (Å²) in [6.45, 7) is 5.91. The SMILES string of the molecule is CC(C)c1cc(Nc2cc(NC(C)c3ccc(F)cc3F)ncn2)n[nH]1. The number of halogens is 2. The molecule has 0 radical (unpaired) electrons. The van der Waals surface area contributed by atoms with Gasteiger partial charge in [0.25, 0.3) is 0 Å². The lowest BCUT2D eigenvalue weighted by atomic mass is 10.1. The highest BCUT2D eigenvalue weighted by Crippen LogP contribution is 2.23. The molecule has 1 unspecified atom stereocenters. The van der Waals surface area contributed by atoms with Gasteiger partial charge in [0.15, 0.2) is 5.82 Å². The number of hydrogen-bond donors (Lipinski definition) is 3. The first kappa shape index (κ1) is 17.8. The van der Waals surface area contributed by atoms with Crippen LogP contribution < -0.4 is 10.6 Å². The molecule has 0 spiro atoms. The zero-order valence-corrected chi connectivity index (χ0v) is 14.7. The van der Waals surface area contributed by atoms with Crippen molar-refractivity contribution in [2.75, 3.05) is 10.6 Å². The van der Waals surface area contributed by atoms with E-state index in [4.69, 9.17) is 0 Å². The smallest absolute Gasteiger partial charge is 0.153 e. The topological polar surface area (TPSA) is 78.5 Å². The molecule has 3 N–H and O–H groups in total. The second kappa shape index (κ2) is 7.47. The van der Waals surface area contributed by atoms with E-state index in [0.29, 0.717) is 28.9 Å². The summed E-state index contributed by atoms with van der Waals surface area (Å²) in [7, 11) is 0. The molecule has 0 fully saturated rings. The molecule has 1 aromatic carbocycles. The van der Waals surface area contributed by atoms with Crippen molar-refractivity contribution in [2.45, 2.75) is 32.7 Å². The lowest BCUT2D eigenvalue weighted by Gasteiger charge is -2.16. The number of H-pyrrole nitrogens is 1. The maximum Gasteiger partial charge on any atom is 0.153 e. The van der Waals surface area contributed by atoms with Crippen molar-refractivity contribution in [1.29, 1.82) is 0 Å². The summed E-state index contributed by atoms with van der Waals surface area (Å²) in [6, 6.07) is 6.73. The molecule has 8 heteroatoms. The first-order chi connectivity index (χ1) is 12.4. The molecule has 0 saturated carbocycles. The molecule has 0 bridgehead atoms. The van der Waals surface area contributed by atoms with Crippen molar-refractivity contribution < 1.29 is 8.78 Å². The fraction of sp³-hybridized carbons (Fsp3) is 0.278. The predicted molar refractivity (Wildman–Crippen MR) is 96.4 cm³/mol. The van der Waals surface area contributed by atoms with E-state index in [1.165, 1.54) is 18.5 Å². The van der Waals surface area contributed by atoms with Crippen molar-refractivity contribution in [3.63, 3.8) is 0 Å². The summed E-state index contributed by atoms with van der Waals surface area (Å²) in [4.78, 5) is 8.30. The van der Waals surface area contributed by atoms with E-state index in [2.05, 4.69) is 44.6 Å². The number of aromatic nitrogens is 4. The number of anilines is 3. The van der Waals surface area contributed by atoms with Gasteiger partial charge in [0, 0.05) is 29.5 Å². The van der Waals surface area contributed by atoms with Crippen LogP contribution in [0.2, 0.25) is 0 Å². The Labute approximate surface area is 150 Å². The van der Waals surface area contributed by atoms with Crippen LogP contribution >= 0.6 is 0 Å². The Morgan fingerprint density at radius 1 is 0.962 bits per heavy atom. The van der Waals surface area contributed by atoms with Crippen LogP contribution in [0.1, 0.15) is 44.0 Å². The molecule has 1 atom stereocenters. The number of hydrogen-bond acceptors (Lipinski definition) is 5. The molecule has 6 nitrogen and oxygen atoms in total. The Morgan fingerprint density at radius 2 is 1.73 bits per heavy atom. The average Bonchev–Trinajstić information content (AvgIpc) is 3.04. The van der Waals surface area contributed by atoms with Crippen LogP contribution in [0.3, 0.4) is 0 Å². The lowest BCUT2D eigenvalue weighted by molar-refractivity contribution is 0.566. The van der Waals surface area contributed by atoms with Crippen molar-refractivity contribution in [3.8, 4) is 0 Å². The van der Waals surface area contributed by atoms with Gasteiger partial charge >= 0.3 is 0 Å². The molecule has 26 heavy (non-hydrogen) atoms. The minimum atomic E-state index is -0.605. The molecule has 0 saturated heterocycles. The van der Waals surface area contributed by atoms with E-state index in [1.54, 1.807) is 13.0 Å². The van der Waals surface area contributed by atoms with Crippen molar-refractivity contribution in [1.82, 2.24) is 20.2 Å². The van der Waals surface area contributed by atoms with Crippen LogP contribution in [-0.2, 0) is 0 Å². The van der Waals surface area contributed by atoms with Crippen LogP contribution in [-0.4, -0.2) is 20.2 Å². The van der Waals surface area contributed by atoms with Gasteiger partial charge in [-0.2, -0.15) is 5.10 Å². The number of nitrogens with zero attached hydrogens (tertiary/aromatic N) is 3. The highest BCUT2D eigenvalue weighted by atomic mass is 19.1. The van der Waals surface area contributed by atoms with Gasteiger partial charge in [0.2, 0.25) is 0 Å². The Kier molecular flexibility index (Phi) is 5.11. The maximum atomic E-state index is 13.9. The minimum absolute atomic E-state index is 0.340. The van der Waals surface area contributed by atoms with E-state index in [9.17, 15) is 8.78 Å². The second-order valence-corrected chi connectivity index (χ2v) is 6.31. The third kappa shape index (κ3) is 4.14. The molecule has 2 aromatic heterocycles. The fourth-order valence-electron chi connectivity index (χ4n) is 2.48. The largest absolute Gasteiger partial charge is 0.363 e. The van der Waals surface area contributed by atoms with E-state index >= 15 is 0 Å². The molecule has 0 aliphatic carbocycles. The highest BCUT2D eigenvalue weighted by Gasteiger charge is 2.13. The Hall–Kier alpha value is -3.03. The molecule has 0 amide bonds. The standard InChI is InChI=1S/C18H20F2N6/c1-10(2)15-7-18(26-25-15)24-17-8-16(21-9-22-17)23-11(3)13-5-4-12(19)6-14(13)20/h4-11H,1-3H3,(H3,21,22,23,24,25,26). The van der Waals surface area contributed by atoms with Crippen molar-refractivity contribution in [3.05, 3.63) is 59.6 Å². The summed E-state index contributed by atoms with van der Waals surface area (Å²) >= 11 is 0. The number of rotatable bonds is 6. The van der Waals surface area contributed by atoms with Gasteiger partial charge in [-0.25, -0.2) is 18.7 Å². The van der Waals surface area contributed by atoms with Gasteiger partial charge in [-0.15, -0.1) is 0 Å². The first-order valence-corrected chi connectivity index (χ1v) is 8.28. The van der Waals surface area contributed by atoms with Gasteiger partial charge in [-0.05, 0) is 18.9 Å². The quantitative estimate of drug-likeness (QED) is 0.604. The number of nitrogens with one attached hydrogen (secondary N) is 3. The van der Waals surface area contributed by atoms with E-state index < -0.39 is 17.7 Å². The summed E-state index contributed by atoms with van der Waals surface area (Å²) < 4.78 is 27.0. The fourth-order valence-corrected chi connectivity index (χ4v) is 2.48. The maximum absolute atomic E-state index is 13.9. The molecular weight excluding hydrogens is 338 g/mol. The zero-order valence-electron chi connectivity index (χ0n) is 14.7. The molecular formula is C18H20F2N6. The van der Waals surface area contributed by atoms with Gasteiger partial charge in [-0.1, -0.05) is 19.9 Å². The molecule has 3 rings (SSSR count). The Morgan fingerprint density at radius 3 is 2.42 bits per heavy atom. The number of aromatic amines is 1. The summed E-state index contributed by atoms with van der Waals surface area (Å²) in [6.07, 6.45) is 1.40. The van der Waals surface area contributed by atoms with Crippen molar-refractivity contribution >= 4 is 17.5 Å².